The van der Waals surface area contributed by atoms with Gasteiger partial charge in [-0.05, 0) is 11.8 Å². The Bertz CT molecular complexity index is 552. The summed E-state index contributed by atoms with van der Waals surface area (Å²) in [6.45, 7) is 13.4. The zero-order valence-electron chi connectivity index (χ0n) is 17.3. The molecular weight excluding hydrogens is 355 g/mol. The van der Waals surface area contributed by atoms with Crippen LogP contribution in [0.5, 0.6) is 0 Å². The van der Waals surface area contributed by atoms with Crippen molar-refractivity contribution in [2.45, 2.75) is 48.5 Å². The van der Waals surface area contributed by atoms with E-state index in [4.69, 9.17) is 12.0 Å². The molecule has 0 aliphatic carbocycles. The van der Waals surface area contributed by atoms with Gasteiger partial charge in [-0.1, -0.05) is 41.5 Å². The third-order valence-corrected chi connectivity index (χ3v) is 5.56. The number of ketones is 1. The molecule has 0 heterocycles. The summed E-state index contributed by atoms with van der Waals surface area (Å²) in [4.78, 5) is 23.2. The first-order chi connectivity index (χ1) is 11.9. The molecule has 0 spiro atoms. The van der Waals surface area contributed by atoms with Gasteiger partial charge in [-0.3, -0.25) is 4.79 Å². The summed E-state index contributed by atoms with van der Waals surface area (Å²) in [6.07, 6.45) is 6.11. The fraction of sp³-hybridized carbons (Fsp3) is 0.722. The molecule has 150 valence electrons. The number of terminal acetylenes is 1. The summed E-state index contributed by atoms with van der Waals surface area (Å²) in [5.74, 6) is 3.78. The molecule has 0 aliphatic rings. The highest BCUT2D eigenvalue weighted by Crippen LogP contribution is 2.47. The van der Waals surface area contributed by atoms with Gasteiger partial charge in [0.1, 0.15) is 6.29 Å². The highest BCUT2D eigenvalue weighted by Gasteiger charge is 2.41. The molecule has 26 heavy (non-hydrogen) atoms. The van der Waals surface area contributed by atoms with E-state index < -0.39 is 18.8 Å². The average Bonchev–Trinajstić information content (AvgIpc) is 2.60. The predicted molar refractivity (Wildman–Crippen MR) is 104 cm³/mol. The maximum absolute atomic E-state index is 11.4. The number of carbonyl (C=O) groups excluding carboxylic acids is 2. The summed E-state index contributed by atoms with van der Waals surface area (Å²) in [5.41, 5.74) is 7.73. The van der Waals surface area contributed by atoms with Crippen molar-refractivity contribution in [3.63, 3.8) is 0 Å². The molecule has 0 aliphatic heterocycles. The minimum absolute atomic E-state index is 0.222. The normalized spacial score (nSPS) is 12.4. The van der Waals surface area contributed by atoms with E-state index in [-0.39, 0.29) is 5.92 Å². The predicted octanol–water partition coefficient (Wildman–Crippen LogP) is 4.08. The van der Waals surface area contributed by atoms with Crippen molar-refractivity contribution >= 4 is 25.1 Å². The maximum atomic E-state index is 11.4. The standard InChI is InChI=1S/C7H12.C6H12O.C5H9N2O4P/c1-5-7(4)6(2)3;1-5(2)6(3)4-7;1-4(8)5(7-6)12(9,10-2)11-3/h1,6-7H,2-4H3;4-6H,1-3H3;1-3H3/t7-;6-;/m11./s1. The maximum Gasteiger partial charge on any atom is 0.446 e. The van der Waals surface area contributed by atoms with Gasteiger partial charge in [-0.2, -0.15) is 4.79 Å². The smallest absolute Gasteiger partial charge is 0.360 e. The number of Topliss-reactive ketones (excluding diaryl/α,β-unsaturated/α-hetero) is 1. The molecule has 7 nitrogen and oxygen atoms in total. The Labute approximate surface area is 158 Å². The molecular formula is C18H33N2O5P. The molecule has 8 heteroatoms. The Hall–Kier alpha value is -1.57. The van der Waals surface area contributed by atoms with Crippen LogP contribution in [-0.4, -0.2) is 36.5 Å². The molecule has 0 bridgehead atoms. The fourth-order valence-electron chi connectivity index (χ4n) is 0.915. The van der Waals surface area contributed by atoms with Crippen LogP contribution in [-0.2, 0) is 23.2 Å². The van der Waals surface area contributed by atoms with Crippen molar-refractivity contribution in [3.05, 3.63) is 5.53 Å². The first-order valence-corrected chi connectivity index (χ1v) is 9.79. The van der Waals surface area contributed by atoms with E-state index in [9.17, 15) is 14.2 Å². The molecule has 0 aromatic carbocycles. The highest BCUT2D eigenvalue weighted by atomic mass is 31.2. The average molecular weight is 388 g/mol. The minimum Gasteiger partial charge on any atom is -0.360 e. The molecule has 0 saturated carbocycles. The summed E-state index contributed by atoms with van der Waals surface area (Å²) < 4.78 is 20.2. The van der Waals surface area contributed by atoms with Crippen molar-refractivity contribution in [1.82, 2.24) is 0 Å². The SMILES string of the molecule is C#C[C@@H](C)C(C)C.CC(C)[C@H](C)C=O.COP(=O)(OC)C(=[N+]=[N-])C(C)=O. The molecule has 0 rings (SSSR count). The van der Waals surface area contributed by atoms with E-state index in [1.54, 1.807) is 0 Å². The second kappa shape index (κ2) is 15.7. The van der Waals surface area contributed by atoms with E-state index in [0.717, 1.165) is 27.4 Å². The number of hydrogen-bond acceptors (Lipinski definition) is 5. The van der Waals surface area contributed by atoms with Crippen LogP contribution in [0.2, 0.25) is 0 Å². The number of carbonyl (C=O) groups is 2. The zero-order valence-corrected chi connectivity index (χ0v) is 18.2. The summed E-state index contributed by atoms with van der Waals surface area (Å²) >= 11 is 0. The van der Waals surface area contributed by atoms with Crippen molar-refractivity contribution in [3.8, 4) is 12.3 Å². The van der Waals surface area contributed by atoms with Crippen LogP contribution in [0.4, 0.5) is 0 Å². The van der Waals surface area contributed by atoms with Crippen LogP contribution in [0, 0.1) is 36.0 Å². The molecule has 0 amide bonds. The molecule has 0 N–H and O–H groups in total. The number of hydrogen-bond donors (Lipinski definition) is 0. The van der Waals surface area contributed by atoms with Crippen molar-refractivity contribution in [2.75, 3.05) is 14.2 Å². The van der Waals surface area contributed by atoms with Crippen molar-refractivity contribution in [1.29, 1.82) is 0 Å². The Morgan fingerprint density at radius 3 is 1.58 bits per heavy atom. The van der Waals surface area contributed by atoms with Gasteiger partial charge < -0.3 is 19.4 Å². The van der Waals surface area contributed by atoms with E-state index >= 15 is 0 Å². The van der Waals surface area contributed by atoms with Gasteiger partial charge in [0.25, 0.3) is 0 Å². The first kappa shape index (κ1) is 29.2. The Balaban J connectivity index is -0.000000326. The lowest BCUT2D eigenvalue weighted by Crippen LogP contribution is -2.13. The van der Waals surface area contributed by atoms with Gasteiger partial charge in [-0.25, -0.2) is 4.57 Å². The topological polar surface area (TPSA) is 106 Å². The molecule has 0 saturated heterocycles. The van der Waals surface area contributed by atoms with Gasteiger partial charge >= 0.3 is 13.0 Å². The van der Waals surface area contributed by atoms with Gasteiger partial charge in [0, 0.05) is 33.0 Å². The molecule has 0 aromatic heterocycles. The van der Waals surface area contributed by atoms with Gasteiger partial charge in [0.15, 0.2) is 0 Å². The lowest BCUT2D eigenvalue weighted by atomic mass is 10.00. The van der Waals surface area contributed by atoms with Gasteiger partial charge in [0.05, 0.1) is 0 Å². The second-order valence-corrected chi connectivity index (χ2v) is 8.43. The molecule has 0 unspecified atom stereocenters. The van der Waals surface area contributed by atoms with Crippen LogP contribution >= 0.6 is 7.60 Å². The van der Waals surface area contributed by atoms with Crippen LogP contribution in [0.15, 0.2) is 0 Å². The quantitative estimate of drug-likeness (QED) is 0.163. The third kappa shape index (κ3) is 12.7. The van der Waals surface area contributed by atoms with Crippen LogP contribution < -0.4 is 0 Å². The zero-order chi connectivity index (χ0) is 21.5. The molecule has 0 aromatic rings. The highest BCUT2D eigenvalue weighted by molar-refractivity contribution is 7.74. The number of aldehydes is 1. The third-order valence-electron chi connectivity index (χ3n) is 3.68. The van der Waals surface area contributed by atoms with E-state index in [0.29, 0.717) is 17.8 Å². The van der Waals surface area contributed by atoms with Crippen LogP contribution in [0.25, 0.3) is 5.53 Å². The summed E-state index contributed by atoms with van der Waals surface area (Å²) in [5, 5.41) is 0. The second-order valence-electron chi connectivity index (χ2n) is 6.28. The molecule has 0 radical (unpaired) electrons. The lowest BCUT2D eigenvalue weighted by molar-refractivity contribution is -0.115. The van der Waals surface area contributed by atoms with Crippen LogP contribution in [0.1, 0.15) is 48.5 Å². The lowest BCUT2D eigenvalue weighted by Gasteiger charge is -2.05. The Morgan fingerprint density at radius 1 is 1.12 bits per heavy atom. The molecule has 0 fully saturated rings. The largest absolute Gasteiger partial charge is 0.446 e. The summed E-state index contributed by atoms with van der Waals surface area (Å²) in [7, 11) is -1.51. The fourth-order valence-corrected chi connectivity index (χ4v) is 1.91. The monoisotopic (exact) mass is 388 g/mol. The summed E-state index contributed by atoms with van der Waals surface area (Å²) in [6, 6.07) is 0. The van der Waals surface area contributed by atoms with Crippen LogP contribution in [0.3, 0.4) is 0 Å². The van der Waals surface area contributed by atoms with Crippen molar-refractivity contribution in [2.24, 2.45) is 23.7 Å². The number of nitrogens with zero attached hydrogens (tertiary/aromatic N) is 2. The minimum atomic E-state index is -3.70. The number of rotatable bonds is 7. The Kier molecular flexibility index (Phi) is 17.6. The van der Waals surface area contributed by atoms with Gasteiger partial charge in [-0.15, -0.1) is 12.3 Å². The molecule has 2 atom stereocenters. The van der Waals surface area contributed by atoms with E-state index in [2.05, 4.69) is 40.5 Å². The van der Waals surface area contributed by atoms with E-state index in [1.807, 2.05) is 20.8 Å². The first-order valence-electron chi connectivity index (χ1n) is 8.24. The van der Waals surface area contributed by atoms with E-state index in [1.165, 1.54) is 0 Å². The van der Waals surface area contributed by atoms with Gasteiger partial charge in [0.2, 0.25) is 5.78 Å². The Morgan fingerprint density at radius 2 is 1.54 bits per heavy atom. The van der Waals surface area contributed by atoms with Crippen molar-refractivity contribution < 1.29 is 28.0 Å².